The lowest BCUT2D eigenvalue weighted by molar-refractivity contribution is -0.125. The number of nitrogens with one attached hydrogen (secondary N) is 2. The lowest BCUT2D eigenvalue weighted by Gasteiger charge is -2.43. The lowest BCUT2D eigenvalue weighted by Crippen LogP contribution is -2.51. The molecule has 1 aromatic carbocycles. The van der Waals surface area contributed by atoms with E-state index in [1.165, 1.54) is 5.56 Å². The summed E-state index contributed by atoms with van der Waals surface area (Å²) in [5, 5.41) is 10.2. The maximum atomic E-state index is 12.6. The molecule has 0 atom stereocenters. The van der Waals surface area contributed by atoms with Gasteiger partial charge in [0, 0.05) is 6.42 Å². The van der Waals surface area contributed by atoms with Crippen LogP contribution in [0.2, 0.25) is 0 Å². The highest BCUT2D eigenvalue weighted by Gasteiger charge is 2.39. The first-order chi connectivity index (χ1) is 11.1. The highest BCUT2D eigenvalue weighted by molar-refractivity contribution is 7.71. The van der Waals surface area contributed by atoms with E-state index in [0.717, 1.165) is 37.9 Å². The van der Waals surface area contributed by atoms with Gasteiger partial charge in [0.05, 0.1) is 5.54 Å². The molecule has 1 heterocycles. The second kappa shape index (κ2) is 6.66. The summed E-state index contributed by atoms with van der Waals surface area (Å²) < 4.78 is 2.30. The average molecular weight is 330 g/mol. The van der Waals surface area contributed by atoms with Crippen molar-refractivity contribution in [3.05, 3.63) is 46.5 Å². The monoisotopic (exact) mass is 330 g/mol. The molecule has 1 aromatic heterocycles. The zero-order valence-electron chi connectivity index (χ0n) is 13.3. The van der Waals surface area contributed by atoms with Gasteiger partial charge in [-0.2, -0.15) is 5.10 Å². The summed E-state index contributed by atoms with van der Waals surface area (Å²) in [5.74, 6) is 0.832. The predicted molar refractivity (Wildman–Crippen MR) is 91.5 cm³/mol. The third kappa shape index (κ3) is 3.22. The molecule has 1 saturated carbocycles. The molecule has 2 N–H and O–H groups in total. The number of nitrogens with zero attached hydrogens (tertiary/aromatic N) is 2. The van der Waals surface area contributed by atoms with E-state index in [2.05, 4.69) is 34.6 Å². The Labute approximate surface area is 141 Å². The topological polar surface area (TPSA) is 62.7 Å². The van der Waals surface area contributed by atoms with E-state index in [-0.39, 0.29) is 18.0 Å². The number of aromatic amines is 1. The van der Waals surface area contributed by atoms with Crippen LogP contribution in [0.15, 0.2) is 30.3 Å². The van der Waals surface area contributed by atoms with Crippen molar-refractivity contribution < 1.29 is 4.79 Å². The fourth-order valence-electron chi connectivity index (χ4n) is 3.15. The fourth-order valence-corrected chi connectivity index (χ4v) is 3.37. The highest BCUT2D eigenvalue weighted by atomic mass is 32.1. The van der Waals surface area contributed by atoms with Crippen molar-refractivity contribution in [3.63, 3.8) is 0 Å². The van der Waals surface area contributed by atoms with Gasteiger partial charge in [0.15, 0.2) is 4.77 Å². The van der Waals surface area contributed by atoms with Gasteiger partial charge >= 0.3 is 0 Å². The number of amides is 1. The van der Waals surface area contributed by atoms with Crippen LogP contribution in [-0.2, 0) is 23.3 Å². The van der Waals surface area contributed by atoms with E-state index in [1.807, 2.05) is 18.2 Å². The first-order valence-electron chi connectivity index (χ1n) is 8.15. The van der Waals surface area contributed by atoms with Crippen molar-refractivity contribution in [2.75, 3.05) is 0 Å². The summed E-state index contributed by atoms with van der Waals surface area (Å²) in [5.41, 5.74) is 0.971. The van der Waals surface area contributed by atoms with E-state index < -0.39 is 0 Å². The average Bonchev–Trinajstić information content (AvgIpc) is 2.85. The summed E-state index contributed by atoms with van der Waals surface area (Å²) in [6.45, 7) is 2.31. The van der Waals surface area contributed by atoms with Crippen molar-refractivity contribution >= 4 is 18.1 Å². The molecule has 1 aliphatic carbocycles. The van der Waals surface area contributed by atoms with Gasteiger partial charge in [-0.15, -0.1) is 0 Å². The summed E-state index contributed by atoms with van der Waals surface area (Å²) >= 11 is 5.25. The number of rotatable bonds is 6. The van der Waals surface area contributed by atoms with Crippen molar-refractivity contribution in [3.8, 4) is 0 Å². The molecule has 0 bridgehead atoms. The molecule has 0 spiro atoms. The van der Waals surface area contributed by atoms with Gasteiger partial charge in [-0.3, -0.25) is 14.5 Å². The van der Waals surface area contributed by atoms with Crippen LogP contribution in [0.1, 0.15) is 44.0 Å². The zero-order chi connectivity index (χ0) is 16.3. The molecule has 1 aliphatic rings. The number of carbonyl (C=O) groups is 1. The molecule has 0 radical (unpaired) electrons. The van der Waals surface area contributed by atoms with Gasteiger partial charge in [-0.25, -0.2) is 0 Å². The molecule has 6 heteroatoms. The minimum absolute atomic E-state index is 0.0107. The molecule has 0 unspecified atom stereocenters. The van der Waals surface area contributed by atoms with Gasteiger partial charge in [0.25, 0.3) is 0 Å². The van der Waals surface area contributed by atoms with Crippen LogP contribution in [0.3, 0.4) is 0 Å². The van der Waals surface area contributed by atoms with Crippen LogP contribution in [0.4, 0.5) is 0 Å². The van der Waals surface area contributed by atoms with Crippen molar-refractivity contribution in [2.45, 2.75) is 51.1 Å². The second-order valence-electron chi connectivity index (χ2n) is 6.13. The van der Waals surface area contributed by atoms with Gasteiger partial charge in [0.1, 0.15) is 12.4 Å². The summed E-state index contributed by atoms with van der Waals surface area (Å²) in [6.07, 6.45) is 4.89. The van der Waals surface area contributed by atoms with Gasteiger partial charge < -0.3 is 5.32 Å². The highest BCUT2D eigenvalue weighted by Crippen LogP contribution is 2.41. The third-order valence-corrected chi connectivity index (χ3v) is 4.84. The Balaban J connectivity index is 1.74. The number of carbonyl (C=O) groups excluding carboxylic acids is 1. The molecular formula is C17H22N4OS. The van der Waals surface area contributed by atoms with Crippen LogP contribution in [0.25, 0.3) is 0 Å². The van der Waals surface area contributed by atoms with Crippen molar-refractivity contribution in [1.82, 2.24) is 20.1 Å². The number of hydrogen-bond donors (Lipinski definition) is 2. The molecule has 122 valence electrons. The molecular weight excluding hydrogens is 308 g/mol. The first-order valence-corrected chi connectivity index (χ1v) is 8.56. The molecule has 1 amide bonds. The van der Waals surface area contributed by atoms with Gasteiger partial charge in [0.2, 0.25) is 5.91 Å². The van der Waals surface area contributed by atoms with Crippen molar-refractivity contribution in [1.29, 1.82) is 0 Å². The number of benzene rings is 1. The Morgan fingerprint density at radius 2 is 2.13 bits per heavy atom. The number of H-pyrrole nitrogens is 1. The van der Waals surface area contributed by atoms with Crippen LogP contribution in [0.5, 0.6) is 0 Å². The molecule has 0 saturated heterocycles. The molecule has 5 nitrogen and oxygen atoms in total. The van der Waals surface area contributed by atoms with E-state index in [9.17, 15) is 4.79 Å². The molecule has 0 aliphatic heterocycles. The van der Waals surface area contributed by atoms with Crippen molar-refractivity contribution in [2.24, 2.45) is 0 Å². The largest absolute Gasteiger partial charge is 0.345 e. The quantitative estimate of drug-likeness (QED) is 0.800. The molecule has 3 rings (SSSR count). The lowest BCUT2D eigenvalue weighted by atomic mass is 9.72. The van der Waals surface area contributed by atoms with Crippen LogP contribution >= 0.6 is 12.2 Å². The Morgan fingerprint density at radius 1 is 1.39 bits per heavy atom. The smallest absolute Gasteiger partial charge is 0.240 e. The molecule has 23 heavy (non-hydrogen) atoms. The van der Waals surface area contributed by atoms with Gasteiger partial charge in [-0.05, 0) is 43.5 Å². The minimum atomic E-state index is -0.213. The molecule has 2 aromatic rings. The minimum Gasteiger partial charge on any atom is -0.345 e. The Bertz CT molecular complexity index is 731. The van der Waals surface area contributed by atoms with E-state index in [4.69, 9.17) is 12.2 Å². The predicted octanol–water partition coefficient (Wildman–Crippen LogP) is 3.09. The fraction of sp³-hybridized carbons (Fsp3) is 0.471. The second-order valence-corrected chi connectivity index (χ2v) is 6.52. The Morgan fingerprint density at radius 3 is 2.74 bits per heavy atom. The van der Waals surface area contributed by atoms with E-state index in [1.54, 1.807) is 4.57 Å². The first kappa shape index (κ1) is 15.9. The van der Waals surface area contributed by atoms with Crippen LogP contribution < -0.4 is 5.32 Å². The SMILES string of the molecule is CCCc1n[nH]c(=S)n1CC(=O)NC1(c2ccccc2)CCC1. The van der Waals surface area contributed by atoms with Crippen LogP contribution in [0, 0.1) is 4.77 Å². The number of aryl methyl sites for hydroxylation is 1. The maximum absolute atomic E-state index is 12.6. The Kier molecular flexibility index (Phi) is 4.61. The summed E-state index contributed by atoms with van der Waals surface area (Å²) in [6, 6.07) is 10.2. The molecule has 1 fully saturated rings. The summed E-state index contributed by atoms with van der Waals surface area (Å²) in [4.78, 5) is 12.6. The third-order valence-electron chi connectivity index (χ3n) is 4.52. The normalized spacial score (nSPS) is 15.9. The Hall–Kier alpha value is -1.95. The van der Waals surface area contributed by atoms with Gasteiger partial charge in [-0.1, -0.05) is 37.3 Å². The van der Waals surface area contributed by atoms with Crippen LogP contribution in [-0.4, -0.2) is 20.7 Å². The number of hydrogen-bond acceptors (Lipinski definition) is 3. The van der Waals surface area contributed by atoms with E-state index >= 15 is 0 Å². The zero-order valence-corrected chi connectivity index (χ0v) is 14.2. The maximum Gasteiger partial charge on any atom is 0.240 e. The standard InChI is InChI=1S/C17H22N4OS/c1-2-7-14-19-20-16(23)21(14)12-15(22)18-17(10-6-11-17)13-8-4-3-5-9-13/h3-5,8-9H,2,6-7,10-12H2,1H3,(H,18,22)(H,20,23). The summed E-state index contributed by atoms with van der Waals surface area (Å²) in [7, 11) is 0. The number of aromatic nitrogens is 3. The van der Waals surface area contributed by atoms with E-state index in [0.29, 0.717) is 4.77 Å².